The third-order valence-corrected chi connectivity index (χ3v) is 6.28. The predicted octanol–water partition coefficient (Wildman–Crippen LogP) is 6.29. The van der Waals surface area contributed by atoms with E-state index in [4.69, 9.17) is 12.2 Å². The van der Waals surface area contributed by atoms with Crippen molar-refractivity contribution in [3.8, 4) is 22.3 Å². The lowest BCUT2D eigenvalue weighted by atomic mass is 9.81. The molecule has 1 fully saturated rings. The summed E-state index contributed by atoms with van der Waals surface area (Å²) in [5, 5.41) is 4.06. The van der Waals surface area contributed by atoms with Crippen LogP contribution in [0.25, 0.3) is 33.3 Å². The molecule has 0 aromatic carbocycles. The minimum atomic E-state index is -1.70. The zero-order valence-electron chi connectivity index (χ0n) is 20.0. The van der Waals surface area contributed by atoms with Crippen molar-refractivity contribution < 1.29 is 11.7 Å². The van der Waals surface area contributed by atoms with Gasteiger partial charge in [0.05, 0.1) is 19.5 Å². The molecule has 0 saturated heterocycles. The van der Waals surface area contributed by atoms with E-state index in [1.165, 1.54) is 0 Å². The first-order valence-electron chi connectivity index (χ1n) is 11.7. The van der Waals surface area contributed by atoms with Crippen LogP contribution in [-0.4, -0.2) is 25.4 Å². The Morgan fingerprint density at radius 1 is 1.26 bits per heavy atom. The summed E-state index contributed by atoms with van der Waals surface area (Å²) < 4.78 is 39.7. The second-order valence-corrected chi connectivity index (χ2v) is 8.76. The summed E-state index contributed by atoms with van der Waals surface area (Å²) in [5.41, 5.74) is 4.31. The molecule has 0 radical (unpaired) electrons. The summed E-state index contributed by atoms with van der Waals surface area (Å²) in [7, 11) is 0. The largest absolute Gasteiger partial charge is 0.361 e. The van der Waals surface area contributed by atoms with Gasteiger partial charge in [0.15, 0.2) is 0 Å². The van der Waals surface area contributed by atoms with E-state index in [-0.39, 0.29) is 5.92 Å². The van der Waals surface area contributed by atoms with Gasteiger partial charge in [-0.15, -0.1) is 0 Å². The lowest BCUT2D eigenvalue weighted by Crippen LogP contribution is -2.27. The van der Waals surface area contributed by atoms with Crippen LogP contribution < -0.4 is 0 Å². The summed E-state index contributed by atoms with van der Waals surface area (Å²) >= 11 is 0. The maximum absolute atomic E-state index is 14.4. The van der Waals surface area contributed by atoms with Gasteiger partial charge in [0.1, 0.15) is 11.4 Å². The Labute approximate surface area is 184 Å². The normalized spacial score (nSPS) is 23.0. The quantitative estimate of drug-likeness (QED) is 0.389. The number of halogens is 1. The molecule has 0 spiro atoms. The van der Waals surface area contributed by atoms with Gasteiger partial charge in [-0.25, -0.2) is 4.39 Å². The topological polar surface area (TPSA) is 56.7 Å². The Morgan fingerprint density at radius 2 is 2.06 bits per heavy atom. The van der Waals surface area contributed by atoms with E-state index in [9.17, 15) is 4.39 Å². The number of fused-ring (bicyclic) bond motifs is 1. The Morgan fingerprint density at radius 3 is 2.74 bits per heavy atom. The molecule has 0 unspecified atom stereocenters. The second-order valence-electron chi connectivity index (χ2n) is 8.76. The number of pyridine rings is 2. The van der Waals surface area contributed by atoms with E-state index in [1.807, 2.05) is 38.2 Å². The fraction of sp³-hybridized carbons (Fsp3) is 0.400. The van der Waals surface area contributed by atoms with Gasteiger partial charge in [-0.3, -0.25) is 9.97 Å². The van der Waals surface area contributed by atoms with Gasteiger partial charge in [-0.2, -0.15) is 0 Å². The predicted molar refractivity (Wildman–Crippen MR) is 119 cm³/mol. The summed E-state index contributed by atoms with van der Waals surface area (Å²) in [6, 6.07) is 5.75. The van der Waals surface area contributed by atoms with Crippen LogP contribution in [0.3, 0.4) is 0 Å². The number of aryl methyl sites for hydroxylation is 2. The van der Waals surface area contributed by atoms with Crippen molar-refractivity contribution >= 4 is 11.0 Å². The Balaban J connectivity index is 1.69. The number of alkyl halides is 1. The Hall–Kier alpha value is -3.02. The minimum absolute atomic E-state index is 0.290. The van der Waals surface area contributed by atoms with Gasteiger partial charge in [0.25, 0.3) is 0 Å². The highest BCUT2D eigenvalue weighted by Gasteiger charge is 2.31. The zero-order valence-corrected chi connectivity index (χ0v) is 18.0. The van der Waals surface area contributed by atoms with Crippen molar-refractivity contribution in [3.63, 3.8) is 0 Å². The van der Waals surface area contributed by atoms with Crippen LogP contribution in [0.2, 0.25) is 0 Å². The highest BCUT2D eigenvalue weighted by molar-refractivity contribution is 5.94. The Kier molecular flexibility index (Phi) is 4.32. The summed E-state index contributed by atoms with van der Waals surface area (Å²) in [6.45, 7) is 3.65. The lowest BCUT2D eigenvalue weighted by molar-refractivity contribution is 0.0985. The second kappa shape index (κ2) is 7.59. The van der Waals surface area contributed by atoms with Crippen LogP contribution in [0.15, 0.2) is 47.5 Å². The smallest absolute Gasteiger partial charge is 0.141 e. The van der Waals surface area contributed by atoms with Crippen LogP contribution in [0.1, 0.15) is 46.8 Å². The summed E-state index contributed by atoms with van der Waals surface area (Å²) in [4.78, 5) is 8.99. The van der Waals surface area contributed by atoms with E-state index < -0.39 is 12.2 Å². The van der Waals surface area contributed by atoms with Crippen molar-refractivity contribution in [2.75, 3.05) is 0 Å². The van der Waals surface area contributed by atoms with Gasteiger partial charge >= 0.3 is 0 Å². The van der Waals surface area contributed by atoms with E-state index in [1.54, 1.807) is 30.1 Å². The summed E-state index contributed by atoms with van der Waals surface area (Å²) in [5.74, 6) is 0.401. The fourth-order valence-corrected chi connectivity index (χ4v) is 4.52. The van der Waals surface area contributed by atoms with E-state index in [0.717, 1.165) is 27.9 Å². The number of hydrogen-bond acceptors (Lipinski definition) is 4. The van der Waals surface area contributed by atoms with Crippen molar-refractivity contribution in [1.82, 2.24) is 19.7 Å². The maximum Gasteiger partial charge on any atom is 0.141 e. The molecule has 4 heterocycles. The highest BCUT2D eigenvalue weighted by atomic mass is 19.1. The number of nitrogens with zero attached hydrogens (tertiary/aromatic N) is 4. The molecule has 5 rings (SSSR count). The lowest BCUT2D eigenvalue weighted by Gasteiger charge is -2.31. The van der Waals surface area contributed by atoms with Gasteiger partial charge < -0.3 is 9.09 Å². The molecular weight excluding hydrogens is 391 g/mol. The minimum Gasteiger partial charge on any atom is -0.361 e. The van der Waals surface area contributed by atoms with E-state index in [2.05, 4.69) is 10.1 Å². The first-order valence-corrected chi connectivity index (χ1v) is 10.7. The molecule has 0 amide bonds. The van der Waals surface area contributed by atoms with Gasteiger partial charge in [0.2, 0.25) is 0 Å². The molecule has 0 aliphatic heterocycles. The third kappa shape index (κ3) is 3.75. The zero-order chi connectivity index (χ0) is 23.4. The SMILES string of the molecule is [2H]C([2H])(C1CCC(C)(F)CC1)n1cc(-c2cccnc2)c2ncc(-c3c(C)noc3C)cc21. The molecule has 6 heteroatoms. The molecule has 0 bridgehead atoms. The van der Waals surface area contributed by atoms with Crippen molar-refractivity contribution in [2.24, 2.45) is 5.92 Å². The molecule has 0 atom stereocenters. The molecule has 1 aliphatic rings. The van der Waals surface area contributed by atoms with Crippen LogP contribution in [0.5, 0.6) is 0 Å². The van der Waals surface area contributed by atoms with Crippen LogP contribution in [-0.2, 0) is 6.50 Å². The van der Waals surface area contributed by atoms with E-state index >= 15 is 0 Å². The average molecular weight is 421 g/mol. The average Bonchev–Trinajstić information content (AvgIpc) is 3.33. The van der Waals surface area contributed by atoms with Crippen molar-refractivity contribution in [2.45, 2.75) is 58.6 Å². The number of rotatable bonds is 4. The molecule has 4 aromatic rings. The molecule has 160 valence electrons. The first-order chi connectivity index (χ1) is 15.7. The number of aromatic nitrogens is 4. The van der Waals surface area contributed by atoms with Crippen molar-refractivity contribution in [1.29, 1.82) is 0 Å². The first kappa shape index (κ1) is 17.6. The maximum atomic E-state index is 14.4. The van der Waals surface area contributed by atoms with Crippen LogP contribution in [0.4, 0.5) is 4.39 Å². The molecule has 1 aliphatic carbocycles. The molecule has 5 nitrogen and oxygen atoms in total. The van der Waals surface area contributed by atoms with Gasteiger partial charge in [-0.1, -0.05) is 11.2 Å². The van der Waals surface area contributed by atoms with Gasteiger partial charge in [-0.05, 0) is 64.5 Å². The molecule has 1 saturated carbocycles. The van der Waals surface area contributed by atoms with Gasteiger partial charge in [0, 0.05) is 53.5 Å². The van der Waals surface area contributed by atoms with Crippen LogP contribution >= 0.6 is 0 Å². The third-order valence-electron chi connectivity index (χ3n) is 6.28. The summed E-state index contributed by atoms with van der Waals surface area (Å²) in [6.07, 6.45) is 8.81. The Bertz CT molecular complexity index is 1280. The molecule has 31 heavy (non-hydrogen) atoms. The van der Waals surface area contributed by atoms with Crippen LogP contribution in [0, 0.1) is 19.8 Å². The molecular formula is C25H27FN4O. The van der Waals surface area contributed by atoms with Crippen molar-refractivity contribution in [3.05, 3.63) is 54.4 Å². The molecule has 4 aromatic heterocycles. The van der Waals surface area contributed by atoms with E-state index in [0.29, 0.717) is 42.5 Å². The highest BCUT2D eigenvalue weighted by Crippen LogP contribution is 2.38. The fourth-order valence-electron chi connectivity index (χ4n) is 4.52. The monoisotopic (exact) mass is 420 g/mol. The standard InChI is InChI=1S/C25H27FN4O/c1-16-23(17(2)31-29-16)20-11-22-24(28-13-20)21(19-5-4-10-27-12-19)15-30(22)14-18-6-8-25(3,26)9-7-18/h4-5,10-13,15,18H,6-9,14H2,1-3H3/i14D2. The molecule has 0 N–H and O–H groups in total. The number of hydrogen-bond donors (Lipinski definition) is 0.